The molecule has 156 valence electrons. The van der Waals surface area contributed by atoms with Crippen LogP contribution in [0.15, 0.2) is 54.6 Å². The summed E-state index contributed by atoms with van der Waals surface area (Å²) in [6.45, 7) is 1.87. The van der Waals surface area contributed by atoms with Crippen molar-refractivity contribution in [3.63, 3.8) is 0 Å². The van der Waals surface area contributed by atoms with Crippen molar-refractivity contribution in [2.24, 2.45) is 0 Å². The maximum Gasteiger partial charge on any atom is 0.308 e. The summed E-state index contributed by atoms with van der Waals surface area (Å²) < 4.78 is 5.08. The van der Waals surface area contributed by atoms with E-state index in [9.17, 15) is 9.59 Å². The highest BCUT2D eigenvalue weighted by molar-refractivity contribution is 7.15. The number of hydrogen-bond acceptors (Lipinski definition) is 7. The first kappa shape index (κ1) is 21.4. The van der Waals surface area contributed by atoms with Crippen LogP contribution < -0.4 is 15.4 Å². The largest absolute Gasteiger partial charge is 0.426 e. The van der Waals surface area contributed by atoms with E-state index in [0.29, 0.717) is 12.1 Å². The number of ether oxygens (including phenoxy) is 1. The summed E-state index contributed by atoms with van der Waals surface area (Å²) in [5, 5.41) is 16.3. The number of rotatable bonds is 10. The average Bonchev–Trinajstić information content (AvgIpc) is 3.18. The number of benzene rings is 2. The molecular weight excluding hydrogens is 400 g/mol. The molecule has 2 aromatic carbocycles. The number of aromatic nitrogens is 2. The summed E-state index contributed by atoms with van der Waals surface area (Å²) in [6.07, 6.45) is 3.65. The predicted octanol–water partition coefficient (Wildman–Crippen LogP) is 4.35. The van der Waals surface area contributed by atoms with E-state index >= 15 is 0 Å². The Morgan fingerprint density at radius 1 is 0.967 bits per heavy atom. The molecule has 8 heteroatoms. The fourth-order valence-electron chi connectivity index (χ4n) is 2.82. The molecule has 0 fully saturated rings. The summed E-state index contributed by atoms with van der Waals surface area (Å²) >= 11 is 1.56. The molecule has 0 spiro atoms. The topological polar surface area (TPSA) is 93.2 Å². The molecule has 0 atom stereocenters. The number of esters is 1. The van der Waals surface area contributed by atoms with Gasteiger partial charge in [-0.15, -0.1) is 10.2 Å². The lowest BCUT2D eigenvalue weighted by molar-refractivity contribution is -0.131. The Labute approximate surface area is 179 Å². The Balaban J connectivity index is 1.35. The summed E-state index contributed by atoms with van der Waals surface area (Å²) in [6, 6.07) is 16.6. The Kier molecular flexibility index (Phi) is 7.91. The van der Waals surface area contributed by atoms with E-state index in [2.05, 4.69) is 20.8 Å². The standard InChI is InChI=1S/C22H24N4O3S/c1-16(27)29-19-13-8-7-12-18(19)21(28)23-15-9-3-6-14-20-25-26-22(30-20)24-17-10-4-2-5-11-17/h2,4-5,7-8,10-13H,3,6,9,14-15H2,1H3,(H,23,28)(H,24,26). The van der Waals surface area contributed by atoms with Crippen LogP contribution in [0.3, 0.4) is 0 Å². The van der Waals surface area contributed by atoms with Crippen LogP contribution in [0.4, 0.5) is 10.8 Å². The van der Waals surface area contributed by atoms with Gasteiger partial charge in [0.15, 0.2) is 0 Å². The zero-order valence-electron chi connectivity index (χ0n) is 16.8. The van der Waals surface area contributed by atoms with Crippen molar-refractivity contribution < 1.29 is 14.3 Å². The lowest BCUT2D eigenvalue weighted by atomic mass is 10.1. The molecular formula is C22H24N4O3S. The van der Waals surface area contributed by atoms with Gasteiger partial charge in [-0.2, -0.15) is 0 Å². The molecule has 3 rings (SSSR count). The van der Waals surface area contributed by atoms with E-state index in [4.69, 9.17) is 4.74 Å². The van der Waals surface area contributed by atoms with Gasteiger partial charge in [0.2, 0.25) is 5.13 Å². The maximum atomic E-state index is 12.3. The van der Waals surface area contributed by atoms with Crippen molar-refractivity contribution in [2.45, 2.75) is 32.6 Å². The highest BCUT2D eigenvalue weighted by Gasteiger charge is 2.12. The van der Waals surface area contributed by atoms with Gasteiger partial charge in [0.05, 0.1) is 5.56 Å². The van der Waals surface area contributed by atoms with Gasteiger partial charge < -0.3 is 15.4 Å². The third kappa shape index (κ3) is 6.66. The number of carbonyl (C=O) groups is 2. The number of nitrogens with zero attached hydrogens (tertiary/aromatic N) is 2. The lowest BCUT2D eigenvalue weighted by Gasteiger charge is -2.09. The second-order valence-electron chi connectivity index (χ2n) is 6.65. The van der Waals surface area contributed by atoms with Crippen LogP contribution >= 0.6 is 11.3 Å². The molecule has 0 saturated heterocycles. The fourth-order valence-corrected chi connectivity index (χ4v) is 3.63. The van der Waals surface area contributed by atoms with Crippen LogP contribution in [-0.2, 0) is 11.2 Å². The second-order valence-corrected chi connectivity index (χ2v) is 7.71. The van der Waals surface area contributed by atoms with Gasteiger partial charge in [0, 0.05) is 25.6 Å². The minimum Gasteiger partial charge on any atom is -0.426 e. The first-order chi connectivity index (χ1) is 14.6. The van der Waals surface area contributed by atoms with E-state index in [-0.39, 0.29) is 11.7 Å². The van der Waals surface area contributed by atoms with Crippen molar-refractivity contribution in [1.82, 2.24) is 15.5 Å². The van der Waals surface area contributed by atoms with Crippen LogP contribution in [0.2, 0.25) is 0 Å². The van der Waals surface area contributed by atoms with E-state index in [1.165, 1.54) is 6.92 Å². The van der Waals surface area contributed by atoms with E-state index in [1.807, 2.05) is 30.3 Å². The Morgan fingerprint density at radius 2 is 1.73 bits per heavy atom. The molecule has 0 aliphatic carbocycles. The molecule has 0 aliphatic rings. The number of hydrogen-bond donors (Lipinski definition) is 2. The zero-order valence-corrected chi connectivity index (χ0v) is 17.6. The van der Waals surface area contributed by atoms with Crippen molar-refractivity contribution in [2.75, 3.05) is 11.9 Å². The van der Waals surface area contributed by atoms with Crippen molar-refractivity contribution >= 4 is 34.0 Å². The van der Waals surface area contributed by atoms with Gasteiger partial charge in [-0.25, -0.2) is 0 Å². The minimum atomic E-state index is -0.450. The number of amides is 1. The molecule has 30 heavy (non-hydrogen) atoms. The number of para-hydroxylation sites is 2. The summed E-state index contributed by atoms with van der Waals surface area (Å²) in [7, 11) is 0. The average molecular weight is 425 g/mol. The summed E-state index contributed by atoms with van der Waals surface area (Å²) in [4.78, 5) is 23.5. The molecule has 2 N–H and O–H groups in total. The minimum absolute atomic E-state index is 0.243. The molecule has 0 bridgehead atoms. The summed E-state index contributed by atoms with van der Waals surface area (Å²) in [5.74, 6) is -0.416. The van der Waals surface area contributed by atoms with Gasteiger partial charge >= 0.3 is 5.97 Å². The van der Waals surface area contributed by atoms with Gasteiger partial charge in [-0.05, 0) is 37.1 Å². The van der Waals surface area contributed by atoms with Crippen LogP contribution in [0.25, 0.3) is 0 Å². The van der Waals surface area contributed by atoms with E-state index in [1.54, 1.807) is 35.6 Å². The molecule has 0 saturated carbocycles. The molecule has 0 radical (unpaired) electrons. The smallest absolute Gasteiger partial charge is 0.308 e. The third-order valence-electron chi connectivity index (χ3n) is 4.23. The fraction of sp³-hybridized carbons (Fsp3) is 0.273. The Bertz CT molecular complexity index is 975. The molecule has 1 aromatic heterocycles. The molecule has 0 aliphatic heterocycles. The third-order valence-corrected chi connectivity index (χ3v) is 5.13. The van der Waals surface area contributed by atoms with Gasteiger partial charge in [0.25, 0.3) is 5.91 Å². The first-order valence-corrected chi connectivity index (χ1v) is 10.6. The summed E-state index contributed by atoms with van der Waals surface area (Å²) in [5.41, 5.74) is 1.35. The van der Waals surface area contributed by atoms with Crippen LogP contribution in [-0.4, -0.2) is 28.6 Å². The first-order valence-electron chi connectivity index (χ1n) is 9.82. The molecule has 1 amide bonds. The normalized spacial score (nSPS) is 10.4. The SMILES string of the molecule is CC(=O)Oc1ccccc1C(=O)NCCCCCc1nnc(Nc2ccccc2)s1. The number of nitrogens with one attached hydrogen (secondary N) is 2. The monoisotopic (exact) mass is 424 g/mol. The highest BCUT2D eigenvalue weighted by Crippen LogP contribution is 2.22. The van der Waals surface area contributed by atoms with Crippen molar-refractivity contribution in [1.29, 1.82) is 0 Å². The van der Waals surface area contributed by atoms with Crippen LogP contribution in [0, 0.1) is 0 Å². The molecule has 3 aromatic rings. The maximum absolute atomic E-state index is 12.3. The predicted molar refractivity (Wildman–Crippen MR) is 117 cm³/mol. The highest BCUT2D eigenvalue weighted by atomic mass is 32.1. The van der Waals surface area contributed by atoms with Crippen LogP contribution in [0.5, 0.6) is 5.75 Å². The zero-order chi connectivity index (χ0) is 21.2. The van der Waals surface area contributed by atoms with Gasteiger partial charge in [0.1, 0.15) is 10.8 Å². The van der Waals surface area contributed by atoms with E-state index < -0.39 is 5.97 Å². The van der Waals surface area contributed by atoms with Gasteiger partial charge in [-0.3, -0.25) is 9.59 Å². The van der Waals surface area contributed by atoms with Crippen molar-refractivity contribution in [3.05, 3.63) is 65.2 Å². The van der Waals surface area contributed by atoms with E-state index in [0.717, 1.165) is 41.5 Å². The lowest BCUT2D eigenvalue weighted by Crippen LogP contribution is -2.25. The molecule has 1 heterocycles. The quantitative estimate of drug-likeness (QED) is 0.286. The van der Waals surface area contributed by atoms with Crippen LogP contribution in [0.1, 0.15) is 41.6 Å². The molecule has 0 unspecified atom stereocenters. The second kappa shape index (κ2) is 11.1. The number of aryl methyl sites for hydroxylation is 1. The Hall–Kier alpha value is -3.26. The number of unbranched alkanes of at least 4 members (excludes halogenated alkanes) is 2. The van der Waals surface area contributed by atoms with Gasteiger partial charge in [-0.1, -0.05) is 48.1 Å². The van der Waals surface area contributed by atoms with Crippen molar-refractivity contribution in [3.8, 4) is 5.75 Å². The number of carbonyl (C=O) groups excluding carboxylic acids is 2. The molecule has 7 nitrogen and oxygen atoms in total. The Morgan fingerprint density at radius 3 is 2.53 bits per heavy atom. The number of anilines is 2.